The minimum absolute atomic E-state index is 0.829. The predicted molar refractivity (Wildman–Crippen MR) is 105 cm³/mol. The van der Waals surface area contributed by atoms with E-state index in [1.165, 1.54) is 36.9 Å². The van der Waals surface area contributed by atoms with Crippen LogP contribution in [0, 0.1) is 0 Å². The van der Waals surface area contributed by atoms with Crippen LogP contribution in [0.2, 0.25) is 0 Å². The summed E-state index contributed by atoms with van der Waals surface area (Å²) in [5.74, 6) is 1.70. The lowest BCUT2D eigenvalue weighted by molar-refractivity contribution is 0.415. The summed E-state index contributed by atoms with van der Waals surface area (Å²) in [6.45, 7) is 0. The third-order valence-corrected chi connectivity index (χ3v) is 5.08. The van der Waals surface area contributed by atoms with Gasteiger partial charge in [-0.2, -0.15) is 0 Å². The molecule has 0 spiro atoms. The van der Waals surface area contributed by atoms with Gasteiger partial charge in [0.15, 0.2) is 5.82 Å². The van der Waals surface area contributed by atoms with E-state index in [1.807, 2.05) is 30.3 Å². The molecule has 1 aliphatic rings. The van der Waals surface area contributed by atoms with Crippen LogP contribution >= 0.6 is 0 Å². The molecule has 3 aromatic rings. The number of hydrogen-bond acceptors (Lipinski definition) is 3. The molecule has 3 nitrogen and oxygen atoms in total. The minimum Gasteiger partial charge on any atom is -0.497 e. The lowest BCUT2D eigenvalue weighted by Crippen LogP contribution is -2.08. The highest BCUT2D eigenvalue weighted by atomic mass is 16.5. The van der Waals surface area contributed by atoms with Crippen LogP contribution in [0.15, 0.2) is 54.6 Å². The fraction of sp³-hybridized carbons (Fsp3) is 0.304. The van der Waals surface area contributed by atoms with Crippen molar-refractivity contribution in [2.75, 3.05) is 7.11 Å². The molecule has 0 N–H and O–H groups in total. The maximum atomic E-state index is 5.31. The van der Waals surface area contributed by atoms with Crippen molar-refractivity contribution in [3.63, 3.8) is 0 Å². The summed E-state index contributed by atoms with van der Waals surface area (Å²) >= 11 is 0. The number of rotatable bonds is 3. The monoisotopic (exact) mass is 344 g/mol. The average molecular weight is 344 g/mol. The highest BCUT2D eigenvalue weighted by Crippen LogP contribution is 2.31. The van der Waals surface area contributed by atoms with E-state index in [4.69, 9.17) is 14.7 Å². The number of nitrogens with zero attached hydrogens (tertiary/aromatic N) is 2. The maximum absolute atomic E-state index is 5.31. The molecule has 0 saturated heterocycles. The predicted octanol–water partition coefficient (Wildman–Crippen LogP) is 5.48. The van der Waals surface area contributed by atoms with Crippen molar-refractivity contribution in [1.29, 1.82) is 0 Å². The third kappa shape index (κ3) is 3.48. The molecule has 0 radical (unpaired) electrons. The summed E-state index contributed by atoms with van der Waals surface area (Å²) in [6, 6.07) is 18.5. The van der Waals surface area contributed by atoms with Crippen LogP contribution in [0.5, 0.6) is 5.75 Å². The SMILES string of the molecule is COc1ccc(-c2nc(-c3ccccc3)nc3c2CCCCCC3)cc1. The molecule has 0 unspecified atom stereocenters. The van der Waals surface area contributed by atoms with Crippen LogP contribution in [0.3, 0.4) is 0 Å². The van der Waals surface area contributed by atoms with Crippen LogP contribution in [-0.4, -0.2) is 17.1 Å². The Labute approximate surface area is 155 Å². The molecular weight excluding hydrogens is 320 g/mol. The Kier molecular flexibility index (Phi) is 4.96. The molecule has 0 saturated carbocycles. The molecule has 1 heterocycles. The van der Waals surface area contributed by atoms with E-state index in [2.05, 4.69) is 24.3 Å². The number of benzene rings is 2. The normalized spacial score (nSPS) is 14.2. The van der Waals surface area contributed by atoms with E-state index < -0.39 is 0 Å². The second kappa shape index (κ2) is 7.69. The van der Waals surface area contributed by atoms with Gasteiger partial charge in [0.2, 0.25) is 0 Å². The first-order valence-electron chi connectivity index (χ1n) is 9.45. The Morgan fingerprint density at radius 3 is 2.19 bits per heavy atom. The Hall–Kier alpha value is -2.68. The molecule has 26 heavy (non-hydrogen) atoms. The second-order valence-corrected chi connectivity index (χ2v) is 6.83. The van der Waals surface area contributed by atoms with Crippen molar-refractivity contribution in [1.82, 2.24) is 9.97 Å². The number of methoxy groups -OCH3 is 1. The van der Waals surface area contributed by atoms with Gasteiger partial charge in [-0.25, -0.2) is 9.97 Å². The van der Waals surface area contributed by atoms with Gasteiger partial charge >= 0.3 is 0 Å². The van der Waals surface area contributed by atoms with Gasteiger partial charge < -0.3 is 4.74 Å². The Morgan fingerprint density at radius 2 is 1.46 bits per heavy atom. The zero-order chi connectivity index (χ0) is 17.8. The number of hydrogen-bond donors (Lipinski definition) is 0. The Morgan fingerprint density at radius 1 is 0.731 bits per heavy atom. The average Bonchev–Trinajstić information content (AvgIpc) is 2.69. The quantitative estimate of drug-likeness (QED) is 0.631. The zero-order valence-corrected chi connectivity index (χ0v) is 15.2. The first-order chi connectivity index (χ1) is 12.8. The molecule has 2 aromatic carbocycles. The lowest BCUT2D eigenvalue weighted by atomic mass is 9.93. The van der Waals surface area contributed by atoms with Crippen LogP contribution in [-0.2, 0) is 12.8 Å². The van der Waals surface area contributed by atoms with Gasteiger partial charge in [0, 0.05) is 22.4 Å². The fourth-order valence-corrected chi connectivity index (χ4v) is 3.65. The largest absolute Gasteiger partial charge is 0.497 e. The van der Waals surface area contributed by atoms with Crippen molar-refractivity contribution in [3.05, 3.63) is 65.9 Å². The van der Waals surface area contributed by atoms with Crippen LogP contribution < -0.4 is 4.74 Å². The molecule has 0 amide bonds. The summed E-state index contributed by atoms with van der Waals surface area (Å²) in [6.07, 6.45) is 7.11. The maximum Gasteiger partial charge on any atom is 0.160 e. The second-order valence-electron chi connectivity index (χ2n) is 6.83. The molecule has 132 valence electrons. The van der Waals surface area contributed by atoms with Crippen LogP contribution in [0.1, 0.15) is 36.9 Å². The number of ether oxygens (including phenoxy) is 1. The molecular formula is C23H24N2O. The van der Waals surface area contributed by atoms with E-state index in [1.54, 1.807) is 7.11 Å². The minimum atomic E-state index is 0.829. The number of fused-ring (bicyclic) bond motifs is 1. The topological polar surface area (TPSA) is 35.0 Å². The summed E-state index contributed by atoms with van der Waals surface area (Å²) in [5, 5.41) is 0. The third-order valence-electron chi connectivity index (χ3n) is 5.08. The Balaban J connectivity index is 1.87. The van der Waals surface area contributed by atoms with Gasteiger partial charge in [-0.1, -0.05) is 43.2 Å². The molecule has 4 rings (SSSR count). The van der Waals surface area contributed by atoms with Crippen molar-refractivity contribution in [2.45, 2.75) is 38.5 Å². The summed E-state index contributed by atoms with van der Waals surface area (Å²) in [7, 11) is 1.70. The molecule has 1 aromatic heterocycles. The van der Waals surface area contributed by atoms with Gasteiger partial charge in [-0.3, -0.25) is 0 Å². The van der Waals surface area contributed by atoms with E-state index >= 15 is 0 Å². The highest BCUT2D eigenvalue weighted by molar-refractivity contribution is 5.68. The van der Waals surface area contributed by atoms with Crippen molar-refractivity contribution >= 4 is 0 Å². The van der Waals surface area contributed by atoms with Crippen molar-refractivity contribution in [2.24, 2.45) is 0 Å². The standard InChI is InChI=1S/C23H24N2O/c1-26-19-15-13-17(14-16-19)22-20-11-7-2-3-8-12-21(20)24-23(25-22)18-9-5-4-6-10-18/h4-6,9-10,13-16H,2-3,7-8,11-12H2,1H3. The van der Waals surface area contributed by atoms with E-state index in [-0.39, 0.29) is 0 Å². The summed E-state index contributed by atoms with van der Waals surface area (Å²) < 4.78 is 5.31. The summed E-state index contributed by atoms with van der Waals surface area (Å²) in [5.41, 5.74) is 5.85. The van der Waals surface area contributed by atoms with E-state index in [0.717, 1.165) is 41.2 Å². The van der Waals surface area contributed by atoms with E-state index in [0.29, 0.717) is 0 Å². The Bertz CT molecular complexity index is 873. The van der Waals surface area contributed by atoms with Gasteiger partial charge in [0.1, 0.15) is 5.75 Å². The molecule has 1 aliphatic carbocycles. The first kappa shape index (κ1) is 16.8. The number of aromatic nitrogens is 2. The number of aryl methyl sites for hydroxylation is 1. The zero-order valence-electron chi connectivity index (χ0n) is 15.2. The van der Waals surface area contributed by atoms with Crippen molar-refractivity contribution in [3.8, 4) is 28.4 Å². The summed E-state index contributed by atoms with van der Waals surface area (Å²) in [4.78, 5) is 9.97. The smallest absolute Gasteiger partial charge is 0.160 e. The van der Waals surface area contributed by atoms with Crippen LogP contribution in [0.4, 0.5) is 0 Å². The van der Waals surface area contributed by atoms with Gasteiger partial charge in [-0.15, -0.1) is 0 Å². The van der Waals surface area contributed by atoms with E-state index in [9.17, 15) is 0 Å². The van der Waals surface area contributed by atoms with Gasteiger partial charge in [-0.05, 0) is 49.9 Å². The van der Waals surface area contributed by atoms with Gasteiger partial charge in [0.05, 0.1) is 12.8 Å². The van der Waals surface area contributed by atoms with Crippen LogP contribution in [0.25, 0.3) is 22.6 Å². The van der Waals surface area contributed by atoms with Gasteiger partial charge in [0.25, 0.3) is 0 Å². The molecule has 0 fully saturated rings. The highest BCUT2D eigenvalue weighted by Gasteiger charge is 2.18. The molecule has 0 aliphatic heterocycles. The molecule has 3 heteroatoms. The lowest BCUT2D eigenvalue weighted by Gasteiger charge is -2.18. The molecule has 0 atom stereocenters. The molecule has 0 bridgehead atoms. The van der Waals surface area contributed by atoms with Crippen molar-refractivity contribution < 1.29 is 4.74 Å². The fourth-order valence-electron chi connectivity index (χ4n) is 3.65. The first-order valence-corrected chi connectivity index (χ1v) is 9.45.